The molecule has 0 saturated carbocycles. The number of hydrogen-bond donors (Lipinski definition) is 1. The number of nitrogens with zero attached hydrogens (tertiary/aromatic N) is 3. The van der Waals surface area contributed by atoms with Gasteiger partial charge in [-0.3, -0.25) is 9.78 Å². The number of aromatic nitrogens is 1. The molecule has 8 heteroatoms. The molecule has 136 valence electrons. The molecular formula is C19H14ClN3O3S. The molecule has 1 heterocycles. The molecule has 0 saturated heterocycles. The van der Waals surface area contributed by atoms with Gasteiger partial charge in [0.25, 0.3) is 5.91 Å². The number of allylic oxidation sites excluding steroid dienone is 5. The van der Waals surface area contributed by atoms with Gasteiger partial charge in [-0.25, -0.2) is 4.21 Å². The molecular weight excluding hydrogens is 386 g/mol. The highest BCUT2D eigenvalue weighted by atomic mass is 35.5. The van der Waals surface area contributed by atoms with Crippen molar-refractivity contribution in [2.24, 2.45) is 10.2 Å². The van der Waals surface area contributed by atoms with E-state index < -0.39 is 15.7 Å². The van der Waals surface area contributed by atoms with E-state index in [4.69, 9.17) is 11.6 Å². The maximum absolute atomic E-state index is 12.7. The molecule has 1 aromatic carbocycles. The van der Waals surface area contributed by atoms with E-state index in [-0.39, 0.29) is 9.76 Å². The van der Waals surface area contributed by atoms with E-state index in [1.54, 1.807) is 36.4 Å². The van der Waals surface area contributed by atoms with E-state index in [0.29, 0.717) is 16.2 Å². The molecule has 2 aromatic rings. The summed E-state index contributed by atoms with van der Waals surface area (Å²) < 4.78 is 23.1. The van der Waals surface area contributed by atoms with Gasteiger partial charge in [-0.15, -0.1) is 5.11 Å². The summed E-state index contributed by atoms with van der Waals surface area (Å²) in [6.07, 6.45) is 10.7. The Hall–Kier alpha value is -2.87. The summed E-state index contributed by atoms with van der Waals surface area (Å²) in [5.74, 6) is -0.480. The lowest BCUT2D eigenvalue weighted by atomic mass is 10.1. The van der Waals surface area contributed by atoms with Gasteiger partial charge < -0.3 is 4.55 Å². The van der Waals surface area contributed by atoms with Crippen LogP contribution in [0.5, 0.6) is 0 Å². The molecule has 1 unspecified atom stereocenters. The molecule has 1 aromatic heterocycles. The minimum absolute atomic E-state index is 0.256. The molecule has 3 rings (SSSR count). The van der Waals surface area contributed by atoms with Crippen molar-refractivity contribution in [3.05, 3.63) is 95.5 Å². The minimum atomic E-state index is -3.38. The maximum atomic E-state index is 12.7. The van der Waals surface area contributed by atoms with Crippen LogP contribution in [0.15, 0.2) is 100.0 Å². The summed E-state index contributed by atoms with van der Waals surface area (Å²) in [5, 5.41) is 7.85. The van der Waals surface area contributed by atoms with Crippen LogP contribution in [-0.4, -0.2) is 24.5 Å². The van der Waals surface area contributed by atoms with Gasteiger partial charge in [0.15, 0.2) is 0 Å². The minimum Gasteiger partial charge on any atom is -0.309 e. The molecule has 6 nitrogen and oxygen atoms in total. The first kappa shape index (κ1) is 18.9. The van der Waals surface area contributed by atoms with Crippen molar-refractivity contribution in [2.75, 3.05) is 0 Å². The van der Waals surface area contributed by atoms with Gasteiger partial charge in [0.2, 0.25) is 0 Å². The van der Waals surface area contributed by atoms with Gasteiger partial charge in [-0.1, -0.05) is 23.8 Å². The molecule has 0 aliphatic heterocycles. The zero-order valence-corrected chi connectivity index (χ0v) is 15.5. The second-order valence-corrected chi connectivity index (χ2v) is 7.87. The first-order valence-electron chi connectivity index (χ1n) is 7.77. The third kappa shape index (κ3) is 4.65. The lowest BCUT2D eigenvalue weighted by Crippen LogP contribution is -2.11. The largest absolute Gasteiger partial charge is 0.309 e. The number of amides is 1. The molecule has 0 radical (unpaired) electrons. The normalized spacial score (nSPS) is 15.8. The molecule has 27 heavy (non-hydrogen) atoms. The molecule has 1 N–H and O–H groups in total. The second kappa shape index (κ2) is 8.22. The Morgan fingerprint density at radius 1 is 1.04 bits per heavy atom. The van der Waals surface area contributed by atoms with Crippen molar-refractivity contribution in [3.8, 4) is 0 Å². The smallest absolute Gasteiger partial charge is 0.295 e. The predicted molar refractivity (Wildman–Crippen MR) is 105 cm³/mol. The van der Waals surface area contributed by atoms with Crippen LogP contribution in [0.25, 0.3) is 0 Å². The zero-order valence-electron chi connectivity index (χ0n) is 13.9. The van der Waals surface area contributed by atoms with E-state index in [0.717, 1.165) is 0 Å². The van der Waals surface area contributed by atoms with Crippen LogP contribution in [0.3, 0.4) is 0 Å². The van der Waals surface area contributed by atoms with Crippen molar-refractivity contribution in [3.63, 3.8) is 0 Å². The maximum Gasteiger partial charge on any atom is 0.295 e. The van der Waals surface area contributed by atoms with E-state index in [1.807, 2.05) is 0 Å². The Kier molecular flexibility index (Phi) is 5.75. The van der Waals surface area contributed by atoms with Gasteiger partial charge in [-0.05, 0) is 54.1 Å². The van der Waals surface area contributed by atoms with Crippen LogP contribution < -0.4 is 0 Å². The van der Waals surface area contributed by atoms with E-state index in [2.05, 4.69) is 15.2 Å². The van der Waals surface area contributed by atoms with Gasteiger partial charge in [0.1, 0.15) is 9.80 Å². The number of hydrogen-bond acceptors (Lipinski definition) is 4. The standard InChI is InChI=1S/C19H14ClN3O3S/c20-16-3-7-18(8-4-16)27(25,26)17-5-1-14(2-6-17)13-22-23-19(24)15-9-11-21-12-10-15/h1-13H,(H,25,26). The molecule has 0 bridgehead atoms. The number of azo groups is 1. The number of rotatable bonds is 3. The third-order valence-electron chi connectivity index (χ3n) is 3.62. The molecule has 1 amide bonds. The summed E-state index contributed by atoms with van der Waals surface area (Å²) in [6, 6.07) is 9.26. The van der Waals surface area contributed by atoms with Crippen molar-refractivity contribution in [2.45, 2.75) is 4.90 Å². The highest BCUT2D eigenvalue weighted by molar-refractivity contribution is 7.97. The van der Waals surface area contributed by atoms with E-state index >= 15 is 0 Å². The molecule has 1 aliphatic rings. The second-order valence-electron chi connectivity index (χ2n) is 5.43. The van der Waals surface area contributed by atoms with Crippen LogP contribution in [0.2, 0.25) is 5.02 Å². The number of benzene rings is 1. The van der Waals surface area contributed by atoms with Crippen molar-refractivity contribution < 1.29 is 13.6 Å². The molecule has 1 aliphatic carbocycles. The van der Waals surface area contributed by atoms with Crippen LogP contribution >= 0.6 is 11.6 Å². The molecule has 1 atom stereocenters. The summed E-state index contributed by atoms with van der Waals surface area (Å²) in [4.78, 5) is 16.2. The number of carbonyl (C=O) groups excluding carboxylic acids is 1. The Labute approximate surface area is 161 Å². The summed E-state index contributed by atoms with van der Waals surface area (Å²) in [5.41, 5.74) is 1.02. The van der Waals surface area contributed by atoms with Crippen molar-refractivity contribution in [1.29, 1.82) is 0 Å². The molecule has 0 fully saturated rings. The highest BCUT2D eigenvalue weighted by Gasteiger charge is 2.13. The van der Waals surface area contributed by atoms with Crippen molar-refractivity contribution in [1.82, 2.24) is 4.98 Å². The van der Waals surface area contributed by atoms with Crippen molar-refractivity contribution >= 4 is 32.2 Å². The third-order valence-corrected chi connectivity index (χ3v) is 5.69. The fraction of sp³-hybridized carbons (Fsp3) is 0. The first-order chi connectivity index (χ1) is 13.0. The predicted octanol–water partition coefficient (Wildman–Crippen LogP) is 4.33. The Morgan fingerprint density at radius 3 is 2.30 bits per heavy atom. The molecule has 0 spiro atoms. The Balaban J connectivity index is 1.76. The van der Waals surface area contributed by atoms with E-state index in [9.17, 15) is 13.6 Å². The quantitative estimate of drug-likeness (QED) is 0.614. The fourth-order valence-corrected chi connectivity index (χ4v) is 3.60. The van der Waals surface area contributed by atoms with Gasteiger partial charge >= 0.3 is 0 Å². The number of pyridine rings is 1. The number of halogens is 1. The lowest BCUT2D eigenvalue weighted by Gasteiger charge is -2.10. The van der Waals surface area contributed by atoms with Gasteiger partial charge in [-0.2, -0.15) is 5.11 Å². The van der Waals surface area contributed by atoms with Crippen LogP contribution in [0.1, 0.15) is 10.4 Å². The zero-order chi connectivity index (χ0) is 19.3. The topological polar surface area (TPSA) is 92.0 Å². The average molecular weight is 400 g/mol. The number of carbonyl (C=O) groups is 1. The van der Waals surface area contributed by atoms with Crippen LogP contribution in [0.4, 0.5) is 0 Å². The fourth-order valence-electron chi connectivity index (χ4n) is 2.19. The Bertz CT molecular complexity index is 1080. The van der Waals surface area contributed by atoms with Gasteiger partial charge in [0.05, 0.1) is 16.0 Å². The highest BCUT2D eigenvalue weighted by Crippen LogP contribution is 2.18. The summed E-state index contributed by atoms with van der Waals surface area (Å²) in [6.45, 7) is 0. The SMILES string of the molecule is O=C(N=NC=C1C=CC(=S(=O)(O)c2ccc(Cl)cc2)C=C1)c1ccncc1. The monoisotopic (exact) mass is 399 g/mol. The lowest BCUT2D eigenvalue weighted by molar-refractivity contribution is 0.0994. The van der Waals surface area contributed by atoms with Crippen LogP contribution in [0, 0.1) is 0 Å². The first-order valence-corrected chi connectivity index (χ1v) is 9.67. The van der Waals surface area contributed by atoms with Crippen LogP contribution in [-0.2, 0) is 9.80 Å². The summed E-state index contributed by atoms with van der Waals surface area (Å²) in [7, 11) is -3.38. The summed E-state index contributed by atoms with van der Waals surface area (Å²) >= 11 is 5.81. The Morgan fingerprint density at radius 2 is 1.67 bits per heavy atom. The van der Waals surface area contributed by atoms with Gasteiger partial charge in [0, 0.05) is 23.0 Å². The average Bonchev–Trinajstić information content (AvgIpc) is 2.69. The van der Waals surface area contributed by atoms with E-state index in [1.165, 1.54) is 42.9 Å².